The zero-order chi connectivity index (χ0) is 34.3. The number of anilines is 2. The number of amides is 1. The number of nitrogen functional groups attached to an aromatic ring is 1. The van der Waals surface area contributed by atoms with Gasteiger partial charge in [-0.2, -0.15) is 23.1 Å². The summed E-state index contributed by atoms with van der Waals surface area (Å²) in [6.07, 6.45) is -0.256. The number of allylic oxidation sites excluding steroid dienone is 1. The zero-order valence-corrected chi connectivity index (χ0v) is 27.5. The molecule has 0 aliphatic carbocycles. The highest BCUT2D eigenvalue weighted by Gasteiger charge is 2.26. The highest BCUT2D eigenvalue weighted by atomic mass is 35.5. The predicted octanol–water partition coefficient (Wildman–Crippen LogP) is 6.83. The molecular weight excluding hydrogens is 619 g/mol. The molecule has 4 N–H and O–H groups in total. The van der Waals surface area contributed by atoms with Gasteiger partial charge < -0.3 is 30.8 Å². The second-order valence-corrected chi connectivity index (χ2v) is 10.8. The van der Waals surface area contributed by atoms with Crippen molar-refractivity contribution in [3.05, 3.63) is 76.2 Å². The normalized spacial score (nSPS) is 15.8. The number of nitrogens with two attached hydrogens (primary N) is 2. The summed E-state index contributed by atoms with van der Waals surface area (Å²) in [6.45, 7) is 16.1. The van der Waals surface area contributed by atoms with Crippen LogP contribution < -0.4 is 21.1 Å². The first-order valence-corrected chi connectivity index (χ1v) is 15.6. The molecular formula is C33H43ClF3N7O2. The van der Waals surface area contributed by atoms with Crippen molar-refractivity contribution < 1.29 is 22.7 Å². The first-order chi connectivity index (χ1) is 21.9. The maximum atomic E-state index is 11.1. The van der Waals surface area contributed by atoms with Crippen LogP contribution >= 0.6 is 11.6 Å². The molecule has 0 bridgehead atoms. The molecule has 9 nitrogen and oxygen atoms in total. The molecule has 0 unspecified atom stereocenters. The molecule has 0 radical (unpaired) electrons. The van der Waals surface area contributed by atoms with Crippen LogP contribution in [0.3, 0.4) is 0 Å². The van der Waals surface area contributed by atoms with E-state index >= 15 is 0 Å². The van der Waals surface area contributed by atoms with E-state index in [9.17, 15) is 18.0 Å². The van der Waals surface area contributed by atoms with Gasteiger partial charge in [0.05, 0.1) is 17.3 Å². The third-order valence-corrected chi connectivity index (χ3v) is 7.41. The van der Waals surface area contributed by atoms with Gasteiger partial charge in [-0.3, -0.25) is 4.79 Å². The Balaban J connectivity index is 0.000000386. The number of ether oxygens (including phenoxy) is 1. The number of hydrogen-bond donors (Lipinski definition) is 2. The Labute approximate surface area is 274 Å². The SMILES string of the molecule is CC.CN1CCC[C@H]1COc1nc(N)c2c(n1)CN(c1cccc3cccc(Cl)c13)CC2.NC(=O)/C=C/C(F)(F)F.[C-]#[N+]CCC. The number of likely N-dealkylation sites (N-methyl/N-ethyl adjacent to an activating group) is 1. The summed E-state index contributed by atoms with van der Waals surface area (Å²) in [5.41, 5.74) is 13.7. The number of primary amides is 1. The van der Waals surface area contributed by atoms with Crippen molar-refractivity contribution in [1.82, 2.24) is 14.9 Å². The van der Waals surface area contributed by atoms with Gasteiger partial charge in [0, 0.05) is 47.8 Å². The van der Waals surface area contributed by atoms with Gasteiger partial charge in [-0.1, -0.05) is 56.6 Å². The van der Waals surface area contributed by atoms with E-state index < -0.39 is 12.1 Å². The smallest absolute Gasteiger partial charge is 0.409 e. The van der Waals surface area contributed by atoms with Gasteiger partial charge in [0.2, 0.25) is 12.5 Å². The van der Waals surface area contributed by atoms with Crippen molar-refractivity contribution in [3.8, 4) is 6.01 Å². The first kappa shape index (κ1) is 38.1. The maximum Gasteiger partial charge on any atom is 0.409 e. The van der Waals surface area contributed by atoms with Crippen LogP contribution in [0.25, 0.3) is 15.6 Å². The van der Waals surface area contributed by atoms with Crippen molar-refractivity contribution >= 4 is 39.8 Å². The lowest BCUT2D eigenvalue weighted by Crippen LogP contribution is -2.33. The van der Waals surface area contributed by atoms with Gasteiger partial charge in [0.1, 0.15) is 12.4 Å². The van der Waals surface area contributed by atoms with E-state index in [2.05, 4.69) is 56.7 Å². The van der Waals surface area contributed by atoms with E-state index in [1.54, 1.807) is 0 Å². The lowest BCUT2D eigenvalue weighted by molar-refractivity contribution is -0.114. The van der Waals surface area contributed by atoms with Crippen LogP contribution in [0.15, 0.2) is 48.6 Å². The van der Waals surface area contributed by atoms with Crippen LogP contribution in [0.5, 0.6) is 6.01 Å². The van der Waals surface area contributed by atoms with E-state index in [1.165, 1.54) is 6.42 Å². The van der Waals surface area contributed by atoms with Gasteiger partial charge in [-0.15, -0.1) is 0 Å². The van der Waals surface area contributed by atoms with E-state index in [-0.39, 0.29) is 12.2 Å². The molecule has 1 aromatic heterocycles. The number of hydrogen-bond acceptors (Lipinski definition) is 7. The van der Waals surface area contributed by atoms with Crippen molar-refractivity contribution in [2.75, 3.05) is 43.9 Å². The van der Waals surface area contributed by atoms with Crippen molar-refractivity contribution in [2.24, 2.45) is 5.73 Å². The minimum atomic E-state index is -4.45. The average molecular weight is 662 g/mol. The summed E-state index contributed by atoms with van der Waals surface area (Å²) in [5, 5.41) is 2.98. The number of nitrogens with zero attached hydrogens (tertiary/aromatic N) is 5. The van der Waals surface area contributed by atoms with Crippen LogP contribution in [0, 0.1) is 6.57 Å². The summed E-state index contributed by atoms with van der Waals surface area (Å²) in [6, 6.07) is 13.1. The largest absolute Gasteiger partial charge is 0.462 e. The number of halogens is 4. The predicted molar refractivity (Wildman–Crippen MR) is 179 cm³/mol. The summed E-state index contributed by atoms with van der Waals surface area (Å²) in [4.78, 5) is 26.6. The number of carbonyl (C=O) groups is 1. The number of fused-ring (bicyclic) bond motifs is 2. The van der Waals surface area contributed by atoms with E-state index in [0.717, 1.165) is 65.1 Å². The minimum Gasteiger partial charge on any atom is -0.462 e. The number of aromatic nitrogens is 2. The van der Waals surface area contributed by atoms with Gasteiger partial charge in [0.25, 0.3) is 0 Å². The topological polar surface area (TPSA) is 115 Å². The average Bonchev–Trinajstić information content (AvgIpc) is 3.44. The molecule has 1 fully saturated rings. The minimum absolute atomic E-state index is 0.213. The fraction of sp³-hybridized carbons (Fsp3) is 0.455. The Morgan fingerprint density at radius 1 is 1.20 bits per heavy atom. The maximum absolute atomic E-state index is 11.1. The van der Waals surface area contributed by atoms with Gasteiger partial charge >= 0.3 is 12.2 Å². The Bertz CT molecular complexity index is 1490. The molecule has 0 spiro atoms. The standard InChI is InChI=1S/C23H26ClN5O.C4H4F3NO.C4H7N.C2H6/c1-28-11-4-7-16(28)14-30-23-26-19-13-29(12-10-17(19)22(25)27-23)20-9-3-6-15-5-2-8-18(24)21(15)20;5-4(6,7)2-1-3(8)9;1-3-4-5-2;1-2/h2-3,5-6,8-9,16H,4,7,10-14H2,1H3,(H2,25,26,27);1-2H,(H2,8,9);3-4H2,1H3;1-2H3/b;2-1+;;/t16-;;;/m0.../s1. The first-order valence-electron chi connectivity index (χ1n) is 15.2. The number of likely N-dealkylation sites (tertiary alicyclic amines) is 1. The zero-order valence-electron chi connectivity index (χ0n) is 26.8. The number of carbonyl (C=O) groups excluding carboxylic acids is 1. The molecule has 13 heteroatoms. The number of alkyl halides is 3. The Morgan fingerprint density at radius 2 is 1.89 bits per heavy atom. The second kappa shape index (κ2) is 18.8. The molecule has 2 aliphatic rings. The summed E-state index contributed by atoms with van der Waals surface area (Å²) in [7, 11) is 2.14. The molecule has 1 amide bonds. The Hall–Kier alpha value is -4.08. The highest BCUT2D eigenvalue weighted by Crippen LogP contribution is 2.36. The Morgan fingerprint density at radius 3 is 2.43 bits per heavy atom. The third-order valence-electron chi connectivity index (χ3n) is 7.10. The molecule has 1 atom stereocenters. The quantitative estimate of drug-likeness (QED) is 0.220. The monoisotopic (exact) mass is 661 g/mol. The van der Waals surface area contributed by atoms with Gasteiger partial charge in [0.15, 0.2) is 0 Å². The van der Waals surface area contributed by atoms with E-state index in [1.807, 2.05) is 32.9 Å². The van der Waals surface area contributed by atoms with Crippen LogP contribution in [0.1, 0.15) is 51.3 Å². The molecule has 1 saturated heterocycles. The van der Waals surface area contributed by atoms with E-state index in [4.69, 9.17) is 33.6 Å². The molecule has 250 valence electrons. The van der Waals surface area contributed by atoms with Crippen LogP contribution in [-0.2, 0) is 17.8 Å². The number of benzene rings is 2. The van der Waals surface area contributed by atoms with Crippen molar-refractivity contribution in [2.45, 2.75) is 65.2 Å². The van der Waals surface area contributed by atoms with Crippen molar-refractivity contribution in [1.29, 1.82) is 0 Å². The lowest BCUT2D eigenvalue weighted by atomic mass is 10.0. The molecule has 2 aliphatic heterocycles. The lowest BCUT2D eigenvalue weighted by Gasteiger charge is -2.31. The fourth-order valence-electron chi connectivity index (χ4n) is 4.89. The summed E-state index contributed by atoms with van der Waals surface area (Å²) < 4.78 is 39.3. The Kier molecular flexibility index (Phi) is 15.6. The summed E-state index contributed by atoms with van der Waals surface area (Å²) in [5.74, 6) is -0.572. The molecule has 3 heterocycles. The van der Waals surface area contributed by atoms with Gasteiger partial charge in [-0.25, -0.2) is 6.57 Å². The van der Waals surface area contributed by atoms with Crippen LogP contribution in [-0.4, -0.2) is 66.3 Å². The fourth-order valence-corrected chi connectivity index (χ4v) is 5.17. The van der Waals surface area contributed by atoms with E-state index in [0.29, 0.717) is 37.6 Å². The highest BCUT2D eigenvalue weighted by molar-refractivity contribution is 6.36. The summed E-state index contributed by atoms with van der Waals surface area (Å²) >= 11 is 6.55. The van der Waals surface area contributed by atoms with Crippen molar-refractivity contribution in [3.63, 3.8) is 0 Å². The number of rotatable bonds is 6. The second-order valence-electron chi connectivity index (χ2n) is 10.4. The third kappa shape index (κ3) is 11.7. The van der Waals surface area contributed by atoms with Gasteiger partial charge in [-0.05, 0) is 50.4 Å². The molecule has 2 aromatic carbocycles. The molecule has 3 aromatic rings. The molecule has 46 heavy (non-hydrogen) atoms. The van der Waals surface area contributed by atoms with Crippen LogP contribution in [0.4, 0.5) is 24.7 Å². The molecule has 0 saturated carbocycles. The molecule has 5 rings (SSSR count). The van der Waals surface area contributed by atoms with Crippen LogP contribution in [0.2, 0.25) is 5.02 Å².